The van der Waals surface area contributed by atoms with E-state index in [1.807, 2.05) is 37.4 Å². The average Bonchev–Trinajstić information content (AvgIpc) is 3.37. The molecule has 2 aromatic rings. The number of carbonyl (C=O) groups excluding carboxylic acids is 1. The third-order valence-electron chi connectivity index (χ3n) is 6.13. The van der Waals surface area contributed by atoms with Gasteiger partial charge in [-0.15, -0.1) is 0 Å². The van der Waals surface area contributed by atoms with Crippen molar-refractivity contribution >= 4 is 5.91 Å². The molecule has 1 N–H and O–H groups in total. The van der Waals surface area contributed by atoms with Crippen molar-refractivity contribution in [2.75, 3.05) is 12.5 Å². The molecule has 6 heteroatoms. The maximum atomic E-state index is 13.2. The minimum atomic E-state index is -0.333. The Bertz CT molecular complexity index is 939. The third-order valence-corrected chi connectivity index (χ3v) is 6.13. The largest absolute Gasteiger partial charge is 0.482 e. The van der Waals surface area contributed by atoms with E-state index in [2.05, 4.69) is 5.43 Å². The van der Waals surface area contributed by atoms with E-state index in [4.69, 9.17) is 4.74 Å². The van der Waals surface area contributed by atoms with Gasteiger partial charge in [0.15, 0.2) is 11.4 Å². The van der Waals surface area contributed by atoms with Gasteiger partial charge in [0.1, 0.15) is 12.3 Å². The normalized spacial score (nSPS) is 28.5. The standard InChI is InChI=1S/C20H21N3O3/c1-22-19(25)17-18(26-12-13-5-3-2-4-6-13)16(24)8-10-23(17)21-20(22)9-7-14-11-15(14)20/h2-6,8,10,14-15,21H,7,9,11-12H2,1H3/t14-,15+,20?/m1/s1. The highest BCUT2D eigenvalue weighted by Crippen LogP contribution is 2.59. The Morgan fingerprint density at radius 2 is 2.04 bits per heavy atom. The summed E-state index contributed by atoms with van der Waals surface area (Å²) < 4.78 is 7.51. The van der Waals surface area contributed by atoms with E-state index in [0.29, 0.717) is 11.8 Å². The van der Waals surface area contributed by atoms with Crippen molar-refractivity contribution in [1.29, 1.82) is 0 Å². The fourth-order valence-corrected chi connectivity index (χ4v) is 4.60. The molecule has 26 heavy (non-hydrogen) atoms. The second-order valence-corrected chi connectivity index (χ2v) is 7.54. The number of rotatable bonds is 3. The van der Waals surface area contributed by atoms with Crippen LogP contribution in [0.2, 0.25) is 0 Å². The van der Waals surface area contributed by atoms with Crippen molar-refractivity contribution in [2.24, 2.45) is 11.8 Å². The number of hydrogen-bond acceptors (Lipinski definition) is 4. The first-order valence-corrected chi connectivity index (χ1v) is 9.09. The summed E-state index contributed by atoms with van der Waals surface area (Å²) >= 11 is 0. The number of nitrogens with zero attached hydrogens (tertiary/aromatic N) is 2. The average molecular weight is 351 g/mol. The molecule has 2 saturated carbocycles. The van der Waals surface area contributed by atoms with Crippen molar-refractivity contribution in [1.82, 2.24) is 9.58 Å². The molecule has 1 aromatic heterocycles. The number of ether oxygens (including phenoxy) is 1. The first-order valence-electron chi connectivity index (χ1n) is 9.09. The number of hydrogen-bond donors (Lipinski definition) is 1. The first kappa shape index (κ1) is 15.5. The third kappa shape index (κ3) is 2.11. The molecule has 134 valence electrons. The van der Waals surface area contributed by atoms with Gasteiger partial charge in [0, 0.05) is 25.2 Å². The van der Waals surface area contributed by atoms with Crippen LogP contribution in [-0.2, 0) is 6.61 Å². The van der Waals surface area contributed by atoms with Crippen molar-refractivity contribution in [3.05, 3.63) is 64.1 Å². The molecule has 2 heterocycles. The van der Waals surface area contributed by atoms with E-state index in [1.165, 1.54) is 6.07 Å². The summed E-state index contributed by atoms with van der Waals surface area (Å²) in [5.41, 5.74) is 4.14. The Hall–Kier alpha value is -2.76. The van der Waals surface area contributed by atoms with Crippen LogP contribution in [0.3, 0.4) is 0 Å². The molecule has 5 rings (SSSR count). The van der Waals surface area contributed by atoms with Crippen LogP contribution in [0.5, 0.6) is 5.75 Å². The van der Waals surface area contributed by atoms with Gasteiger partial charge in [-0.1, -0.05) is 30.3 Å². The Morgan fingerprint density at radius 3 is 2.73 bits per heavy atom. The van der Waals surface area contributed by atoms with Gasteiger partial charge in [0.05, 0.1) is 0 Å². The van der Waals surface area contributed by atoms with E-state index >= 15 is 0 Å². The lowest BCUT2D eigenvalue weighted by Gasteiger charge is -2.46. The number of amides is 1. The molecule has 0 radical (unpaired) electrons. The summed E-state index contributed by atoms with van der Waals surface area (Å²) in [6, 6.07) is 11.1. The molecule has 0 bridgehead atoms. The quantitative estimate of drug-likeness (QED) is 0.921. The zero-order valence-electron chi connectivity index (χ0n) is 14.6. The lowest BCUT2D eigenvalue weighted by Crippen LogP contribution is -2.63. The molecule has 1 aliphatic heterocycles. The summed E-state index contributed by atoms with van der Waals surface area (Å²) in [6.07, 6.45) is 4.89. The Labute approximate surface area is 151 Å². The topological polar surface area (TPSA) is 63.6 Å². The molecule has 3 atom stereocenters. The highest BCUT2D eigenvalue weighted by Gasteiger charge is 2.63. The van der Waals surface area contributed by atoms with Crippen molar-refractivity contribution < 1.29 is 9.53 Å². The molecular formula is C20H21N3O3. The second kappa shape index (κ2) is 5.37. The smallest absolute Gasteiger partial charge is 0.278 e. The van der Waals surface area contributed by atoms with Crippen LogP contribution < -0.4 is 15.6 Å². The van der Waals surface area contributed by atoms with Crippen LogP contribution in [0.25, 0.3) is 0 Å². The van der Waals surface area contributed by atoms with E-state index in [1.54, 1.807) is 15.8 Å². The van der Waals surface area contributed by atoms with Crippen LogP contribution in [0.15, 0.2) is 47.4 Å². The SMILES string of the molecule is CN1C(=O)c2c(OCc3ccccc3)c(=O)ccn2NC12CC[C@@H]1C[C@@H]12. The zero-order chi connectivity index (χ0) is 17.9. The molecular weight excluding hydrogens is 330 g/mol. The van der Waals surface area contributed by atoms with E-state index < -0.39 is 0 Å². The van der Waals surface area contributed by atoms with Gasteiger partial charge in [-0.2, -0.15) is 0 Å². The maximum absolute atomic E-state index is 13.2. The molecule has 1 spiro atoms. The van der Waals surface area contributed by atoms with Crippen LogP contribution in [0, 0.1) is 11.8 Å². The van der Waals surface area contributed by atoms with E-state index in [9.17, 15) is 9.59 Å². The molecule has 1 amide bonds. The van der Waals surface area contributed by atoms with Crippen molar-refractivity contribution in [3.63, 3.8) is 0 Å². The minimum Gasteiger partial charge on any atom is -0.482 e. The second-order valence-electron chi connectivity index (χ2n) is 7.54. The number of fused-ring (bicyclic) bond motifs is 3. The monoisotopic (exact) mass is 351 g/mol. The predicted molar refractivity (Wildman–Crippen MR) is 96.5 cm³/mol. The van der Waals surface area contributed by atoms with Crippen molar-refractivity contribution in [2.45, 2.75) is 31.5 Å². The van der Waals surface area contributed by atoms with Crippen LogP contribution in [0.1, 0.15) is 35.3 Å². The highest BCUT2D eigenvalue weighted by molar-refractivity contribution is 5.96. The lowest BCUT2D eigenvalue weighted by molar-refractivity contribution is 0.0465. The van der Waals surface area contributed by atoms with Gasteiger partial charge in [-0.25, -0.2) is 0 Å². The van der Waals surface area contributed by atoms with Gasteiger partial charge in [0.25, 0.3) is 5.91 Å². The Morgan fingerprint density at radius 1 is 1.23 bits per heavy atom. The Balaban J connectivity index is 1.52. The van der Waals surface area contributed by atoms with Gasteiger partial charge in [0.2, 0.25) is 5.43 Å². The van der Waals surface area contributed by atoms with E-state index in [0.717, 1.165) is 24.8 Å². The van der Waals surface area contributed by atoms with Crippen molar-refractivity contribution in [3.8, 4) is 5.75 Å². The van der Waals surface area contributed by atoms with Gasteiger partial charge in [-0.3, -0.25) is 14.3 Å². The van der Waals surface area contributed by atoms with Gasteiger partial charge >= 0.3 is 0 Å². The molecule has 1 aromatic carbocycles. The van der Waals surface area contributed by atoms with Gasteiger partial charge < -0.3 is 15.1 Å². The minimum absolute atomic E-state index is 0.112. The first-order chi connectivity index (χ1) is 12.6. The number of carbonyl (C=O) groups is 1. The molecule has 3 aliphatic rings. The summed E-state index contributed by atoms with van der Waals surface area (Å²) in [6.45, 7) is 0.250. The molecule has 2 fully saturated rings. The number of nitrogens with one attached hydrogen (secondary N) is 1. The number of benzene rings is 1. The van der Waals surface area contributed by atoms with Gasteiger partial charge in [-0.05, 0) is 30.7 Å². The number of pyridine rings is 1. The lowest BCUT2D eigenvalue weighted by atomic mass is 10.0. The highest BCUT2D eigenvalue weighted by atomic mass is 16.5. The Kier molecular flexibility index (Phi) is 3.20. The summed E-state index contributed by atoms with van der Waals surface area (Å²) in [7, 11) is 1.83. The fourth-order valence-electron chi connectivity index (χ4n) is 4.60. The summed E-state index contributed by atoms with van der Waals surface area (Å²) in [4.78, 5) is 27.4. The maximum Gasteiger partial charge on any atom is 0.278 e. The summed E-state index contributed by atoms with van der Waals surface area (Å²) in [5, 5.41) is 0. The van der Waals surface area contributed by atoms with Crippen LogP contribution >= 0.6 is 0 Å². The molecule has 1 unspecified atom stereocenters. The zero-order valence-corrected chi connectivity index (χ0v) is 14.6. The summed E-state index contributed by atoms with van der Waals surface area (Å²) in [5.74, 6) is 1.17. The number of aromatic nitrogens is 1. The molecule has 2 aliphatic carbocycles. The van der Waals surface area contributed by atoms with E-state index in [-0.39, 0.29) is 35.0 Å². The van der Waals surface area contributed by atoms with Crippen LogP contribution in [-0.4, -0.2) is 28.2 Å². The predicted octanol–water partition coefficient (Wildman–Crippen LogP) is 2.18. The fraction of sp³-hybridized carbons (Fsp3) is 0.400. The van der Waals surface area contributed by atoms with Crippen LogP contribution in [0.4, 0.5) is 0 Å². The molecule has 0 saturated heterocycles. The molecule has 6 nitrogen and oxygen atoms in total.